The predicted octanol–water partition coefficient (Wildman–Crippen LogP) is 0.379. The van der Waals surface area contributed by atoms with Gasteiger partial charge in [-0.25, -0.2) is 0 Å². The molecule has 1 saturated heterocycles. The summed E-state index contributed by atoms with van der Waals surface area (Å²) in [6.07, 6.45) is -4.98. The third-order valence-corrected chi connectivity index (χ3v) is 5.14. The fourth-order valence-electron chi connectivity index (χ4n) is 3.46. The van der Waals surface area contributed by atoms with Gasteiger partial charge in [0.2, 0.25) is 13.1 Å². The lowest BCUT2D eigenvalue weighted by molar-refractivity contribution is -0.277. The summed E-state index contributed by atoms with van der Waals surface area (Å²) in [6, 6.07) is 13.2. The molecule has 0 aliphatic carbocycles. The zero-order chi connectivity index (χ0) is 20.4. The standard InChI is InChI=1S/C21H24O8/c22-10-17-18(23)19(24)20(25)21(29-17)28-14-3-1-2-12(8-14)4-5-13-6-7-15-16(9-13)27-11-26-15/h1-3,6-9,17-25H,4-5,10-11H2/t17-,18-,19+,20-,21-/m1/s1. The van der Waals surface area contributed by atoms with Crippen LogP contribution in [0.3, 0.4) is 0 Å². The first-order chi connectivity index (χ1) is 14.0. The lowest BCUT2D eigenvalue weighted by atomic mass is 9.99. The summed E-state index contributed by atoms with van der Waals surface area (Å²) >= 11 is 0. The van der Waals surface area contributed by atoms with Crippen molar-refractivity contribution >= 4 is 0 Å². The van der Waals surface area contributed by atoms with E-state index in [1.54, 1.807) is 6.07 Å². The molecule has 29 heavy (non-hydrogen) atoms. The third kappa shape index (κ3) is 4.31. The average molecular weight is 404 g/mol. The zero-order valence-corrected chi connectivity index (χ0v) is 15.7. The van der Waals surface area contributed by atoms with Gasteiger partial charge >= 0.3 is 0 Å². The van der Waals surface area contributed by atoms with Crippen molar-refractivity contribution in [3.8, 4) is 17.2 Å². The van der Waals surface area contributed by atoms with Gasteiger partial charge in [-0.1, -0.05) is 18.2 Å². The van der Waals surface area contributed by atoms with Crippen LogP contribution in [0.15, 0.2) is 42.5 Å². The Morgan fingerprint density at radius 2 is 1.62 bits per heavy atom. The first-order valence-corrected chi connectivity index (χ1v) is 9.50. The molecule has 2 aromatic carbocycles. The Kier molecular flexibility index (Phi) is 5.89. The number of hydrogen-bond donors (Lipinski definition) is 4. The summed E-state index contributed by atoms with van der Waals surface area (Å²) in [5, 5.41) is 39.1. The number of aliphatic hydroxyl groups excluding tert-OH is 4. The number of aliphatic hydroxyl groups is 4. The van der Waals surface area contributed by atoms with Gasteiger partial charge in [0.15, 0.2) is 11.5 Å². The molecule has 0 unspecified atom stereocenters. The van der Waals surface area contributed by atoms with Gasteiger partial charge in [0.05, 0.1) is 6.61 Å². The van der Waals surface area contributed by atoms with Crippen molar-refractivity contribution in [1.82, 2.24) is 0 Å². The molecule has 2 aliphatic rings. The van der Waals surface area contributed by atoms with Gasteiger partial charge in [-0.05, 0) is 48.2 Å². The summed E-state index contributed by atoms with van der Waals surface area (Å²) in [5.41, 5.74) is 2.14. The smallest absolute Gasteiger partial charge is 0.231 e. The van der Waals surface area contributed by atoms with Gasteiger partial charge in [0, 0.05) is 0 Å². The number of aryl methyl sites for hydroxylation is 2. The van der Waals surface area contributed by atoms with E-state index >= 15 is 0 Å². The molecule has 0 spiro atoms. The average Bonchev–Trinajstić information content (AvgIpc) is 3.21. The van der Waals surface area contributed by atoms with Crippen LogP contribution in [-0.4, -0.2) is 64.5 Å². The molecule has 8 nitrogen and oxygen atoms in total. The van der Waals surface area contributed by atoms with Gasteiger partial charge in [0.25, 0.3) is 0 Å². The Hall–Kier alpha value is -2.36. The van der Waals surface area contributed by atoms with Crippen molar-refractivity contribution in [2.24, 2.45) is 0 Å². The van der Waals surface area contributed by atoms with Gasteiger partial charge in [-0.3, -0.25) is 0 Å². The van der Waals surface area contributed by atoms with Crippen LogP contribution in [0.5, 0.6) is 17.2 Å². The van der Waals surface area contributed by atoms with Crippen LogP contribution in [-0.2, 0) is 17.6 Å². The minimum absolute atomic E-state index is 0.246. The maximum atomic E-state index is 10.1. The van der Waals surface area contributed by atoms with Crippen molar-refractivity contribution in [1.29, 1.82) is 0 Å². The van der Waals surface area contributed by atoms with Crippen LogP contribution in [0.1, 0.15) is 11.1 Å². The van der Waals surface area contributed by atoms with Crippen LogP contribution >= 0.6 is 0 Å². The molecular weight excluding hydrogens is 380 g/mol. The molecule has 156 valence electrons. The number of rotatable bonds is 6. The second kappa shape index (κ2) is 8.56. The Balaban J connectivity index is 1.39. The summed E-state index contributed by atoms with van der Waals surface area (Å²) in [6.45, 7) is -0.253. The molecule has 1 fully saturated rings. The van der Waals surface area contributed by atoms with E-state index in [2.05, 4.69) is 0 Å². The largest absolute Gasteiger partial charge is 0.462 e. The van der Waals surface area contributed by atoms with Crippen LogP contribution in [0.4, 0.5) is 0 Å². The Morgan fingerprint density at radius 1 is 0.862 bits per heavy atom. The fraction of sp³-hybridized carbons (Fsp3) is 0.429. The molecule has 2 aromatic rings. The molecule has 4 N–H and O–H groups in total. The highest BCUT2D eigenvalue weighted by atomic mass is 16.7. The molecular formula is C21H24O8. The summed E-state index contributed by atoms with van der Waals surface area (Å²) < 4.78 is 21.8. The highest BCUT2D eigenvalue weighted by molar-refractivity contribution is 5.44. The maximum absolute atomic E-state index is 10.1. The molecule has 4 rings (SSSR count). The van der Waals surface area contributed by atoms with E-state index in [1.807, 2.05) is 36.4 Å². The van der Waals surface area contributed by atoms with Gasteiger partial charge in [0.1, 0.15) is 30.2 Å². The Labute approximate surface area is 167 Å². The summed E-state index contributed by atoms with van der Waals surface area (Å²) in [5.74, 6) is 1.96. The molecule has 2 heterocycles. The highest BCUT2D eigenvalue weighted by Gasteiger charge is 2.44. The lowest BCUT2D eigenvalue weighted by Crippen LogP contribution is -2.60. The first-order valence-electron chi connectivity index (χ1n) is 9.50. The minimum Gasteiger partial charge on any atom is -0.462 e. The predicted molar refractivity (Wildman–Crippen MR) is 101 cm³/mol. The topological polar surface area (TPSA) is 118 Å². The monoisotopic (exact) mass is 404 g/mol. The molecule has 5 atom stereocenters. The number of ether oxygens (including phenoxy) is 4. The Morgan fingerprint density at radius 3 is 2.41 bits per heavy atom. The van der Waals surface area contributed by atoms with Crippen molar-refractivity contribution in [3.63, 3.8) is 0 Å². The van der Waals surface area contributed by atoms with Crippen molar-refractivity contribution in [3.05, 3.63) is 53.6 Å². The number of benzene rings is 2. The van der Waals surface area contributed by atoms with Gasteiger partial charge in [-0.15, -0.1) is 0 Å². The van der Waals surface area contributed by atoms with E-state index in [4.69, 9.17) is 18.9 Å². The normalized spacial score (nSPS) is 28.3. The second-order valence-electron chi connectivity index (χ2n) is 7.15. The van der Waals surface area contributed by atoms with Crippen molar-refractivity contribution < 1.29 is 39.4 Å². The highest BCUT2D eigenvalue weighted by Crippen LogP contribution is 2.33. The lowest BCUT2D eigenvalue weighted by Gasteiger charge is -2.39. The first kappa shape index (κ1) is 19.9. The van der Waals surface area contributed by atoms with E-state index < -0.39 is 37.3 Å². The van der Waals surface area contributed by atoms with E-state index in [0.29, 0.717) is 5.75 Å². The Bertz CT molecular complexity index is 839. The minimum atomic E-state index is -1.47. The molecule has 0 amide bonds. The summed E-state index contributed by atoms with van der Waals surface area (Å²) in [4.78, 5) is 0. The molecule has 2 aliphatic heterocycles. The third-order valence-electron chi connectivity index (χ3n) is 5.14. The second-order valence-corrected chi connectivity index (χ2v) is 7.15. The van der Waals surface area contributed by atoms with E-state index in [9.17, 15) is 20.4 Å². The van der Waals surface area contributed by atoms with E-state index in [1.165, 1.54) is 0 Å². The molecule has 8 heteroatoms. The SMILES string of the molecule is OC[C@H]1O[C@@H](Oc2cccc(CCc3ccc4c(c3)OCO4)c2)[C@H](O)[C@@H](O)[C@@H]1O. The van der Waals surface area contributed by atoms with E-state index in [-0.39, 0.29) is 6.79 Å². The van der Waals surface area contributed by atoms with Crippen LogP contribution < -0.4 is 14.2 Å². The maximum Gasteiger partial charge on any atom is 0.231 e. The molecule has 0 aromatic heterocycles. The van der Waals surface area contributed by atoms with Gasteiger partial charge in [-0.2, -0.15) is 0 Å². The number of hydrogen-bond acceptors (Lipinski definition) is 8. The quantitative estimate of drug-likeness (QED) is 0.546. The van der Waals surface area contributed by atoms with Crippen LogP contribution in [0.25, 0.3) is 0 Å². The number of fused-ring (bicyclic) bond motifs is 1. The molecule has 0 saturated carbocycles. The van der Waals surface area contributed by atoms with Crippen LogP contribution in [0, 0.1) is 0 Å². The van der Waals surface area contributed by atoms with E-state index in [0.717, 1.165) is 35.5 Å². The molecule has 0 bridgehead atoms. The zero-order valence-electron chi connectivity index (χ0n) is 15.7. The summed E-state index contributed by atoms with van der Waals surface area (Å²) in [7, 11) is 0. The fourth-order valence-corrected chi connectivity index (χ4v) is 3.46. The molecule has 0 radical (unpaired) electrons. The van der Waals surface area contributed by atoms with Gasteiger partial charge < -0.3 is 39.4 Å². The van der Waals surface area contributed by atoms with Crippen molar-refractivity contribution in [2.45, 2.75) is 43.5 Å². The van der Waals surface area contributed by atoms with Crippen LogP contribution in [0.2, 0.25) is 0 Å². The van der Waals surface area contributed by atoms with Crippen molar-refractivity contribution in [2.75, 3.05) is 13.4 Å².